The average molecular weight is 313 g/mol. The molecule has 0 aliphatic carbocycles. The van der Waals surface area contributed by atoms with Crippen molar-refractivity contribution in [3.63, 3.8) is 0 Å². The lowest BCUT2D eigenvalue weighted by atomic mass is 10.1. The number of aliphatic imine (C=N–C) groups is 1. The summed E-state index contributed by atoms with van der Waals surface area (Å²) in [5.74, 6) is -0.0660. The van der Waals surface area contributed by atoms with E-state index in [-0.39, 0.29) is 17.1 Å². The quantitative estimate of drug-likeness (QED) is 0.875. The zero-order valence-electron chi connectivity index (χ0n) is 13.1. The van der Waals surface area contributed by atoms with Crippen LogP contribution in [-0.2, 0) is 0 Å². The molecule has 1 heterocycles. The number of hydrogen-bond acceptors (Lipinski definition) is 6. The smallest absolute Gasteiger partial charge is 0.186 e. The first kappa shape index (κ1) is 16.4. The molecule has 118 valence electrons. The molecule has 0 radical (unpaired) electrons. The van der Waals surface area contributed by atoms with E-state index in [9.17, 15) is 4.39 Å². The number of halogens is 1. The highest BCUT2D eigenvalue weighted by atomic mass is 19.1. The number of anilines is 1. The van der Waals surface area contributed by atoms with Crippen molar-refractivity contribution < 1.29 is 9.13 Å². The third-order valence-corrected chi connectivity index (χ3v) is 3.17. The second-order valence-corrected chi connectivity index (χ2v) is 4.78. The van der Waals surface area contributed by atoms with Gasteiger partial charge >= 0.3 is 0 Å². The molecule has 0 unspecified atom stereocenters. The SMILES string of the molecule is CCOc1ccc(N=C(C)c2c(C)nnc(C#N)c2N)c(F)c1. The minimum absolute atomic E-state index is 0.0207. The number of nitriles is 1. The monoisotopic (exact) mass is 313 g/mol. The molecule has 0 bridgehead atoms. The zero-order valence-corrected chi connectivity index (χ0v) is 13.1. The maximum Gasteiger partial charge on any atom is 0.186 e. The summed E-state index contributed by atoms with van der Waals surface area (Å²) in [4.78, 5) is 4.26. The third-order valence-electron chi connectivity index (χ3n) is 3.17. The fourth-order valence-electron chi connectivity index (χ4n) is 2.15. The highest BCUT2D eigenvalue weighted by Crippen LogP contribution is 2.26. The second-order valence-electron chi connectivity index (χ2n) is 4.78. The Labute approximate surface area is 133 Å². The Bertz CT molecular complexity index is 811. The molecule has 2 rings (SSSR count). The minimum Gasteiger partial charge on any atom is -0.494 e. The van der Waals surface area contributed by atoms with Crippen LogP contribution in [0.2, 0.25) is 0 Å². The lowest BCUT2D eigenvalue weighted by Gasteiger charge is -2.09. The Balaban J connectivity index is 2.47. The Morgan fingerprint density at radius 2 is 2.17 bits per heavy atom. The number of hydrogen-bond donors (Lipinski definition) is 1. The van der Waals surface area contributed by atoms with Crippen LogP contribution in [0.4, 0.5) is 15.8 Å². The van der Waals surface area contributed by atoms with Crippen LogP contribution >= 0.6 is 0 Å². The van der Waals surface area contributed by atoms with Crippen LogP contribution < -0.4 is 10.5 Å². The van der Waals surface area contributed by atoms with Gasteiger partial charge in [0.05, 0.1) is 23.7 Å². The molecule has 0 saturated carbocycles. The molecule has 0 saturated heterocycles. The van der Waals surface area contributed by atoms with Gasteiger partial charge < -0.3 is 10.5 Å². The number of rotatable bonds is 4. The van der Waals surface area contributed by atoms with E-state index in [0.29, 0.717) is 29.3 Å². The van der Waals surface area contributed by atoms with Gasteiger partial charge in [-0.05, 0) is 32.9 Å². The highest BCUT2D eigenvalue weighted by molar-refractivity contribution is 6.05. The summed E-state index contributed by atoms with van der Waals surface area (Å²) in [6.07, 6.45) is 0. The van der Waals surface area contributed by atoms with Crippen LogP contribution in [0.5, 0.6) is 5.75 Å². The van der Waals surface area contributed by atoms with Crippen LogP contribution in [0.1, 0.15) is 30.8 Å². The average Bonchev–Trinajstić information content (AvgIpc) is 2.50. The summed E-state index contributed by atoms with van der Waals surface area (Å²) in [5.41, 5.74) is 7.76. The largest absolute Gasteiger partial charge is 0.494 e. The number of aryl methyl sites for hydroxylation is 1. The molecule has 1 aromatic heterocycles. The molecule has 0 aliphatic rings. The van der Waals surface area contributed by atoms with Crippen molar-refractivity contribution in [2.75, 3.05) is 12.3 Å². The highest BCUT2D eigenvalue weighted by Gasteiger charge is 2.14. The molecule has 0 atom stereocenters. The van der Waals surface area contributed by atoms with Gasteiger partial charge in [-0.15, -0.1) is 5.10 Å². The molecule has 0 amide bonds. The van der Waals surface area contributed by atoms with Gasteiger partial charge in [0.15, 0.2) is 11.5 Å². The molecule has 7 heteroatoms. The van der Waals surface area contributed by atoms with Crippen LogP contribution in [0.15, 0.2) is 23.2 Å². The molecule has 2 aromatic rings. The maximum absolute atomic E-state index is 14.1. The van der Waals surface area contributed by atoms with Crippen molar-refractivity contribution in [2.45, 2.75) is 20.8 Å². The first-order chi connectivity index (χ1) is 11.0. The Kier molecular flexibility index (Phi) is 4.86. The van der Waals surface area contributed by atoms with E-state index >= 15 is 0 Å². The maximum atomic E-state index is 14.1. The normalized spacial score (nSPS) is 11.2. The molecular formula is C16H16FN5O. The van der Waals surface area contributed by atoms with Crippen molar-refractivity contribution in [1.82, 2.24) is 10.2 Å². The number of nitrogen functional groups attached to an aromatic ring is 1. The molecule has 0 fully saturated rings. The van der Waals surface area contributed by atoms with E-state index in [2.05, 4.69) is 15.2 Å². The summed E-state index contributed by atoms with van der Waals surface area (Å²) in [5, 5.41) is 16.6. The van der Waals surface area contributed by atoms with E-state index in [1.54, 1.807) is 19.9 Å². The van der Waals surface area contributed by atoms with Gasteiger partial charge in [-0.1, -0.05) is 0 Å². The molecule has 0 spiro atoms. The van der Waals surface area contributed by atoms with E-state index in [0.717, 1.165) is 0 Å². The molecule has 0 aliphatic heterocycles. The fourth-order valence-corrected chi connectivity index (χ4v) is 2.15. The Morgan fingerprint density at radius 3 is 2.78 bits per heavy atom. The number of ether oxygens (including phenoxy) is 1. The topological polar surface area (TPSA) is 97.2 Å². The van der Waals surface area contributed by atoms with Crippen molar-refractivity contribution in [2.24, 2.45) is 4.99 Å². The predicted molar refractivity (Wildman–Crippen MR) is 85.3 cm³/mol. The van der Waals surface area contributed by atoms with Crippen molar-refractivity contribution in [1.29, 1.82) is 5.26 Å². The van der Waals surface area contributed by atoms with E-state index in [1.165, 1.54) is 12.1 Å². The van der Waals surface area contributed by atoms with Crippen molar-refractivity contribution >= 4 is 17.1 Å². The number of aromatic nitrogens is 2. The standard InChI is InChI=1S/C16H16FN5O/c1-4-23-11-5-6-13(12(17)7-11)20-9(2)15-10(3)21-22-14(8-18)16(15)19/h5-7H,4H2,1-3H3,(H2,19,21). The van der Waals surface area contributed by atoms with Gasteiger partial charge in [0.2, 0.25) is 0 Å². The van der Waals surface area contributed by atoms with Crippen LogP contribution in [0, 0.1) is 24.1 Å². The van der Waals surface area contributed by atoms with Gasteiger partial charge in [0.25, 0.3) is 0 Å². The Hall–Kier alpha value is -3.01. The molecule has 6 nitrogen and oxygen atoms in total. The van der Waals surface area contributed by atoms with E-state index < -0.39 is 5.82 Å². The molecule has 1 aromatic carbocycles. The lowest BCUT2D eigenvalue weighted by molar-refractivity contribution is 0.338. The van der Waals surface area contributed by atoms with Crippen LogP contribution in [0.25, 0.3) is 0 Å². The second kappa shape index (κ2) is 6.83. The van der Waals surface area contributed by atoms with E-state index in [4.69, 9.17) is 15.7 Å². The van der Waals surface area contributed by atoms with Gasteiger partial charge in [0.1, 0.15) is 11.8 Å². The summed E-state index contributed by atoms with van der Waals surface area (Å²) in [6, 6.07) is 6.31. The number of nitrogens with two attached hydrogens (primary N) is 1. The van der Waals surface area contributed by atoms with Crippen molar-refractivity contribution in [3.8, 4) is 11.8 Å². The molecular weight excluding hydrogens is 297 g/mol. The first-order valence-corrected chi connectivity index (χ1v) is 6.98. The fraction of sp³-hybridized carbons (Fsp3) is 0.250. The predicted octanol–water partition coefficient (Wildman–Crippen LogP) is 2.92. The van der Waals surface area contributed by atoms with Crippen molar-refractivity contribution in [3.05, 3.63) is 41.0 Å². The third kappa shape index (κ3) is 3.43. The van der Waals surface area contributed by atoms with Gasteiger partial charge in [0, 0.05) is 17.3 Å². The first-order valence-electron chi connectivity index (χ1n) is 6.98. The molecule has 2 N–H and O–H groups in total. The number of benzene rings is 1. The summed E-state index contributed by atoms with van der Waals surface area (Å²) < 4.78 is 19.3. The van der Waals surface area contributed by atoms with Crippen LogP contribution in [-0.4, -0.2) is 22.5 Å². The van der Waals surface area contributed by atoms with E-state index in [1.807, 2.05) is 13.0 Å². The summed E-state index contributed by atoms with van der Waals surface area (Å²) in [6.45, 7) is 5.66. The molecule has 23 heavy (non-hydrogen) atoms. The number of nitrogens with zero attached hydrogens (tertiary/aromatic N) is 4. The summed E-state index contributed by atoms with van der Waals surface area (Å²) >= 11 is 0. The van der Waals surface area contributed by atoms with Gasteiger partial charge in [-0.2, -0.15) is 10.4 Å². The van der Waals surface area contributed by atoms with Gasteiger partial charge in [-0.3, -0.25) is 0 Å². The zero-order chi connectivity index (χ0) is 17.0. The van der Waals surface area contributed by atoms with Gasteiger partial charge in [-0.25, -0.2) is 9.38 Å². The summed E-state index contributed by atoms with van der Waals surface area (Å²) in [7, 11) is 0. The Morgan fingerprint density at radius 1 is 1.43 bits per heavy atom. The lowest BCUT2D eigenvalue weighted by Crippen LogP contribution is -2.10. The van der Waals surface area contributed by atoms with Crippen LogP contribution in [0.3, 0.4) is 0 Å². The minimum atomic E-state index is -0.506.